The molecule has 29 heavy (non-hydrogen) atoms. The van der Waals surface area contributed by atoms with Gasteiger partial charge in [-0.3, -0.25) is 9.20 Å². The van der Waals surface area contributed by atoms with Gasteiger partial charge in [-0.2, -0.15) is 0 Å². The van der Waals surface area contributed by atoms with Gasteiger partial charge in [0, 0.05) is 29.2 Å². The zero-order valence-electron chi connectivity index (χ0n) is 16.2. The molecule has 4 aromatic rings. The number of carbonyl (C=O) groups is 1. The van der Waals surface area contributed by atoms with Crippen molar-refractivity contribution in [2.75, 3.05) is 5.73 Å². The second kappa shape index (κ2) is 6.62. The lowest BCUT2D eigenvalue weighted by molar-refractivity contribution is -0.142. The summed E-state index contributed by atoms with van der Waals surface area (Å²) in [6, 6.07) is 8.30. The van der Waals surface area contributed by atoms with Crippen LogP contribution in [0, 0.1) is 12.8 Å². The summed E-state index contributed by atoms with van der Waals surface area (Å²) in [6.45, 7) is 2.08. The fourth-order valence-corrected chi connectivity index (χ4v) is 4.60. The number of imidazole rings is 1. The average Bonchev–Trinajstić information content (AvgIpc) is 3.31. The number of rotatable bonds is 3. The van der Waals surface area contributed by atoms with E-state index >= 15 is 0 Å². The monoisotopic (exact) mass is 389 g/mol. The minimum Gasteiger partial charge on any atom is -0.481 e. The van der Waals surface area contributed by atoms with Gasteiger partial charge in [0.1, 0.15) is 22.9 Å². The SMILES string of the molecule is Cc1cccc2cc(-c3nc(C4CCC(C(=O)O)CC4)n4ccnc(N)c34)[nH]c12. The number of nitrogens with one attached hydrogen (secondary N) is 1. The quantitative estimate of drug-likeness (QED) is 0.488. The Morgan fingerprint density at radius 3 is 2.79 bits per heavy atom. The molecule has 0 aliphatic heterocycles. The fraction of sp³-hybridized carbons (Fsp3) is 0.318. The number of para-hydroxylation sites is 1. The maximum Gasteiger partial charge on any atom is 0.306 e. The van der Waals surface area contributed by atoms with Crippen molar-refractivity contribution in [2.24, 2.45) is 5.92 Å². The maximum absolute atomic E-state index is 11.3. The van der Waals surface area contributed by atoms with Gasteiger partial charge in [-0.15, -0.1) is 0 Å². The standard InChI is InChI=1S/C22H23N5O2/c1-12-3-2-4-15-11-16(25-17(12)15)18-19-20(23)24-9-10-27(19)21(26-18)13-5-7-14(8-6-13)22(28)29/h2-4,9-11,13-14,25H,5-8H2,1H3,(H2,23,24)(H,28,29). The molecular weight excluding hydrogens is 366 g/mol. The Morgan fingerprint density at radius 2 is 2.07 bits per heavy atom. The van der Waals surface area contributed by atoms with Crippen molar-refractivity contribution < 1.29 is 9.90 Å². The van der Waals surface area contributed by atoms with Crippen molar-refractivity contribution in [3.05, 3.63) is 48.0 Å². The second-order valence-corrected chi connectivity index (χ2v) is 7.96. The average molecular weight is 389 g/mol. The van der Waals surface area contributed by atoms with Crippen LogP contribution < -0.4 is 5.73 Å². The van der Waals surface area contributed by atoms with E-state index in [0.717, 1.165) is 46.5 Å². The summed E-state index contributed by atoms with van der Waals surface area (Å²) in [6.07, 6.45) is 6.56. The Bertz CT molecular complexity index is 1230. The Balaban J connectivity index is 1.63. The third-order valence-corrected chi connectivity index (χ3v) is 6.17. The lowest BCUT2D eigenvalue weighted by Crippen LogP contribution is -2.21. The largest absolute Gasteiger partial charge is 0.481 e. The summed E-state index contributed by atoms with van der Waals surface area (Å²) < 4.78 is 2.03. The summed E-state index contributed by atoms with van der Waals surface area (Å²) >= 11 is 0. The lowest BCUT2D eigenvalue weighted by Gasteiger charge is -2.25. The van der Waals surface area contributed by atoms with Crippen molar-refractivity contribution in [1.82, 2.24) is 19.4 Å². The van der Waals surface area contributed by atoms with Crippen molar-refractivity contribution >= 4 is 28.2 Å². The first-order valence-corrected chi connectivity index (χ1v) is 9.97. The molecule has 0 unspecified atom stereocenters. The van der Waals surface area contributed by atoms with Crippen LogP contribution in [0.1, 0.15) is 43.0 Å². The third kappa shape index (κ3) is 2.85. The first kappa shape index (κ1) is 17.7. The van der Waals surface area contributed by atoms with E-state index < -0.39 is 5.97 Å². The fourth-order valence-electron chi connectivity index (χ4n) is 4.60. The number of aromatic nitrogens is 4. The highest BCUT2D eigenvalue weighted by Gasteiger charge is 2.30. The molecule has 3 heterocycles. The van der Waals surface area contributed by atoms with Gasteiger partial charge in [0.25, 0.3) is 0 Å². The van der Waals surface area contributed by atoms with Crippen LogP contribution in [0.2, 0.25) is 0 Å². The molecule has 0 atom stereocenters. The van der Waals surface area contributed by atoms with Crippen LogP contribution in [0.5, 0.6) is 0 Å². The van der Waals surface area contributed by atoms with Crippen LogP contribution in [0.3, 0.4) is 0 Å². The number of aryl methyl sites for hydroxylation is 1. The molecule has 3 aromatic heterocycles. The Morgan fingerprint density at radius 1 is 1.28 bits per heavy atom. The number of aromatic amines is 1. The van der Waals surface area contributed by atoms with Crippen molar-refractivity contribution in [2.45, 2.75) is 38.5 Å². The molecule has 1 aliphatic carbocycles. The highest BCUT2D eigenvalue weighted by Crippen LogP contribution is 2.39. The van der Waals surface area contributed by atoms with E-state index in [1.54, 1.807) is 6.20 Å². The Kier molecular flexibility index (Phi) is 4.04. The van der Waals surface area contributed by atoms with E-state index in [0.29, 0.717) is 18.7 Å². The van der Waals surface area contributed by atoms with Gasteiger partial charge in [-0.1, -0.05) is 18.2 Å². The number of fused-ring (bicyclic) bond motifs is 2. The molecule has 148 valence electrons. The summed E-state index contributed by atoms with van der Waals surface area (Å²) in [5.74, 6) is 0.637. The smallest absolute Gasteiger partial charge is 0.306 e. The predicted octanol–water partition coefficient (Wildman–Crippen LogP) is 4.13. The predicted molar refractivity (Wildman–Crippen MR) is 112 cm³/mol. The number of hydrogen-bond donors (Lipinski definition) is 3. The lowest BCUT2D eigenvalue weighted by atomic mass is 9.81. The minimum atomic E-state index is -0.695. The molecule has 0 spiro atoms. The van der Waals surface area contributed by atoms with Crippen LogP contribution >= 0.6 is 0 Å². The van der Waals surface area contributed by atoms with Gasteiger partial charge in [0.2, 0.25) is 0 Å². The highest BCUT2D eigenvalue weighted by atomic mass is 16.4. The Hall–Kier alpha value is -3.35. The zero-order chi connectivity index (χ0) is 20.1. The molecule has 0 radical (unpaired) electrons. The molecule has 1 saturated carbocycles. The van der Waals surface area contributed by atoms with Gasteiger partial charge in [0.05, 0.1) is 11.6 Å². The van der Waals surface area contributed by atoms with Crippen LogP contribution in [0.4, 0.5) is 5.82 Å². The normalized spacial score (nSPS) is 19.8. The molecule has 0 saturated heterocycles. The molecular formula is C22H23N5O2. The van der Waals surface area contributed by atoms with Crippen molar-refractivity contribution in [3.8, 4) is 11.4 Å². The van der Waals surface area contributed by atoms with Crippen molar-refractivity contribution in [1.29, 1.82) is 0 Å². The molecule has 1 aromatic carbocycles. The van der Waals surface area contributed by atoms with Crippen LogP contribution in [0.15, 0.2) is 36.7 Å². The van der Waals surface area contributed by atoms with E-state index in [1.807, 2.05) is 16.7 Å². The summed E-state index contributed by atoms with van der Waals surface area (Å²) in [7, 11) is 0. The maximum atomic E-state index is 11.3. The van der Waals surface area contributed by atoms with E-state index in [-0.39, 0.29) is 11.8 Å². The number of anilines is 1. The molecule has 7 heteroatoms. The number of aliphatic carboxylic acids is 1. The van der Waals surface area contributed by atoms with E-state index in [9.17, 15) is 9.90 Å². The number of benzene rings is 1. The molecule has 1 aliphatic rings. The van der Waals surface area contributed by atoms with Gasteiger partial charge >= 0.3 is 5.97 Å². The minimum absolute atomic E-state index is 0.208. The first-order chi connectivity index (χ1) is 14.0. The number of hydrogen-bond acceptors (Lipinski definition) is 4. The molecule has 0 amide bonds. The topological polar surface area (TPSA) is 109 Å². The molecule has 7 nitrogen and oxygen atoms in total. The van der Waals surface area contributed by atoms with Gasteiger partial charge in [-0.25, -0.2) is 9.97 Å². The number of nitrogen functional groups attached to an aromatic ring is 1. The van der Waals surface area contributed by atoms with E-state index in [1.165, 1.54) is 5.56 Å². The molecule has 5 rings (SSSR count). The van der Waals surface area contributed by atoms with Crippen LogP contribution in [-0.4, -0.2) is 30.4 Å². The Labute approximate surface area is 167 Å². The van der Waals surface area contributed by atoms with Gasteiger partial charge in [0.15, 0.2) is 0 Å². The van der Waals surface area contributed by atoms with Gasteiger partial charge in [-0.05, 0) is 44.2 Å². The van der Waals surface area contributed by atoms with E-state index in [2.05, 4.69) is 35.1 Å². The summed E-state index contributed by atoms with van der Waals surface area (Å²) in [4.78, 5) is 24.1. The zero-order valence-corrected chi connectivity index (χ0v) is 16.2. The number of nitrogens with zero attached hydrogens (tertiary/aromatic N) is 3. The first-order valence-electron chi connectivity index (χ1n) is 9.97. The number of H-pyrrole nitrogens is 1. The summed E-state index contributed by atoms with van der Waals surface area (Å²) in [5, 5.41) is 10.4. The molecule has 4 N–H and O–H groups in total. The number of carboxylic acids is 1. The number of nitrogens with two attached hydrogens (primary N) is 1. The summed E-state index contributed by atoms with van der Waals surface area (Å²) in [5.41, 5.74) is 11.0. The molecule has 0 bridgehead atoms. The van der Waals surface area contributed by atoms with Gasteiger partial charge < -0.3 is 15.8 Å². The van der Waals surface area contributed by atoms with Crippen LogP contribution in [-0.2, 0) is 4.79 Å². The molecule has 1 fully saturated rings. The van der Waals surface area contributed by atoms with Crippen LogP contribution in [0.25, 0.3) is 27.8 Å². The van der Waals surface area contributed by atoms with Crippen molar-refractivity contribution in [3.63, 3.8) is 0 Å². The van der Waals surface area contributed by atoms with E-state index in [4.69, 9.17) is 10.7 Å². The number of carboxylic acid groups (broad SMARTS) is 1. The third-order valence-electron chi connectivity index (χ3n) is 6.17. The highest BCUT2D eigenvalue weighted by molar-refractivity contribution is 5.92. The second-order valence-electron chi connectivity index (χ2n) is 7.96.